The molecule has 0 aromatic carbocycles. The summed E-state index contributed by atoms with van der Waals surface area (Å²) in [6, 6.07) is 1.43. The summed E-state index contributed by atoms with van der Waals surface area (Å²) in [6.07, 6.45) is 4.04. The van der Waals surface area contributed by atoms with Crippen LogP contribution in [0.3, 0.4) is 0 Å². The van der Waals surface area contributed by atoms with E-state index in [0.717, 1.165) is 12.8 Å². The Labute approximate surface area is 125 Å². The molecular formula is C14H23N3O3S. The largest absolute Gasteiger partial charge is 0.397 e. The van der Waals surface area contributed by atoms with E-state index >= 15 is 0 Å². The lowest BCUT2D eigenvalue weighted by Crippen LogP contribution is -2.42. The molecule has 2 heterocycles. The average Bonchev–Trinajstić information content (AvgIpc) is 2.92. The highest BCUT2D eigenvalue weighted by Crippen LogP contribution is 2.21. The number of anilines is 1. The lowest BCUT2D eigenvalue weighted by atomic mass is 10.1. The molecule has 0 aliphatic carbocycles. The summed E-state index contributed by atoms with van der Waals surface area (Å²) in [5.74, 6) is 0.107. The molecule has 1 aromatic rings. The standard InChI is InChI=1S/C14H23N3O3S/c1-3-4-6-17(12-5-7-21(19,20)10-12)14(18)13-8-11(15)9-16(13)2/h8-9,12H,3-7,10,15H2,1-2H3. The van der Waals surface area contributed by atoms with Gasteiger partial charge in [-0.2, -0.15) is 0 Å². The van der Waals surface area contributed by atoms with Gasteiger partial charge in [0.2, 0.25) is 0 Å². The molecule has 21 heavy (non-hydrogen) atoms. The van der Waals surface area contributed by atoms with Crippen LogP contribution in [-0.4, -0.2) is 47.9 Å². The van der Waals surface area contributed by atoms with Gasteiger partial charge in [-0.05, 0) is 18.9 Å². The Kier molecular flexibility index (Phi) is 4.61. The van der Waals surface area contributed by atoms with Crippen molar-refractivity contribution in [1.82, 2.24) is 9.47 Å². The normalized spacial score (nSPS) is 20.6. The maximum Gasteiger partial charge on any atom is 0.270 e. The summed E-state index contributed by atoms with van der Waals surface area (Å²) < 4.78 is 25.1. The first kappa shape index (κ1) is 15.9. The molecule has 1 unspecified atom stereocenters. The van der Waals surface area contributed by atoms with Crippen molar-refractivity contribution in [2.75, 3.05) is 23.8 Å². The zero-order valence-electron chi connectivity index (χ0n) is 12.6. The second-order valence-electron chi connectivity index (χ2n) is 5.68. The van der Waals surface area contributed by atoms with E-state index in [0.29, 0.717) is 24.3 Å². The summed E-state index contributed by atoms with van der Waals surface area (Å²) in [5.41, 5.74) is 6.77. The molecule has 118 valence electrons. The summed E-state index contributed by atoms with van der Waals surface area (Å²) in [6.45, 7) is 2.63. The van der Waals surface area contributed by atoms with Crippen LogP contribution in [0.1, 0.15) is 36.7 Å². The molecule has 1 atom stereocenters. The molecule has 0 spiro atoms. The topological polar surface area (TPSA) is 85.4 Å². The number of amides is 1. The van der Waals surface area contributed by atoms with Crippen LogP contribution in [0.2, 0.25) is 0 Å². The van der Waals surface area contributed by atoms with Crippen molar-refractivity contribution in [3.8, 4) is 0 Å². The average molecular weight is 313 g/mol. The Morgan fingerprint density at radius 3 is 2.71 bits per heavy atom. The van der Waals surface area contributed by atoms with Crippen LogP contribution < -0.4 is 5.73 Å². The van der Waals surface area contributed by atoms with E-state index in [1.54, 1.807) is 28.8 Å². The maximum atomic E-state index is 12.7. The smallest absolute Gasteiger partial charge is 0.270 e. The first-order chi connectivity index (χ1) is 9.84. The second-order valence-corrected chi connectivity index (χ2v) is 7.91. The molecule has 0 bridgehead atoms. The van der Waals surface area contributed by atoms with Crippen molar-refractivity contribution in [2.45, 2.75) is 32.2 Å². The Balaban J connectivity index is 2.23. The Hall–Kier alpha value is -1.50. The third-order valence-electron chi connectivity index (χ3n) is 3.91. The lowest BCUT2D eigenvalue weighted by Gasteiger charge is -2.28. The van der Waals surface area contributed by atoms with Crippen LogP contribution in [0, 0.1) is 0 Å². The molecule has 1 aliphatic heterocycles. The molecule has 2 N–H and O–H groups in total. The molecule has 7 heteroatoms. The number of aromatic nitrogens is 1. The van der Waals surface area contributed by atoms with Gasteiger partial charge in [0.15, 0.2) is 9.84 Å². The zero-order chi connectivity index (χ0) is 15.6. The first-order valence-corrected chi connectivity index (χ1v) is 9.09. The molecule has 1 aromatic heterocycles. The molecule has 2 rings (SSSR count). The second kappa shape index (κ2) is 6.09. The molecular weight excluding hydrogens is 290 g/mol. The predicted molar refractivity (Wildman–Crippen MR) is 82.8 cm³/mol. The van der Waals surface area contributed by atoms with Crippen LogP contribution in [0.25, 0.3) is 0 Å². The Morgan fingerprint density at radius 2 is 2.24 bits per heavy atom. The predicted octanol–water partition coefficient (Wildman–Crippen LogP) is 1.04. The zero-order valence-corrected chi connectivity index (χ0v) is 13.4. The van der Waals surface area contributed by atoms with E-state index in [2.05, 4.69) is 6.92 Å². The number of carbonyl (C=O) groups excluding carboxylic acids is 1. The fourth-order valence-electron chi connectivity index (χ4n) is 2.75. The fraction of sp³-hybridized carbons (Fsp3) is 0.643. The van der Waals surface area contributed by atoms with Crippen LogP contribution in [0.5, 0.6) is 0 Å². The van der Waals surface area contributed by atoms with Gasteiger partial charge in [-0.1, -0.05) is 13.3 Å². The first-order valence-electron chi connectivity index (χ1n) is 7.27. The lowest BCUT2D eigenvalue weighted by molar-refractivity contribution is 0.0684. The van der Waals surface area contributed by atoms with E-state index < -0.39 is 9.84 Å². The van der Waals surface area contributed by atoms with Gasteiger partial charge in [0.05, 0.1) is 17.2 Å². The number of nitrogen functional groups attached to an aromatic ring is 1. The quantitative estimate of drug-likeness (QED) is 0.880. The van der Waals surface area contributed by atoms with Gasteiger partial charge in [-0.3, -0.25) is 4.79 Å². The van der Waals surface area contributed by atoms with Crippen molar-refractivity contribution in [3.05, 3.63) is 18.0 Å². The molecule has 1 aliphatic rings. The van der Waals surface area contributed by atoms with E-state index in [-0.39, 0.29) is 23.5 Å². The van der Waals surface area contributed by atoms with Gasteiger partial charge in [-0.15, -0.1) is 0 Å². The van der Waals surface area contributed by atoms with E-state index in [9.17, 15) is 13.2 Å². The van der Waals surface area contributed by atoms with E-state index in [4.69, 9.17) is 5.73 Å². The number of hydrogen-bond donors (Lipinski definition) is 1. The van der Waals surface area contributed by atoms with Gasteiger partial charge < -0.3 is 15.2 Å². The van der Waals surface area contributed by atoms with Crippen molar-refractivity contribution in [3.63, 3.8) is 0 Å². The van der Waals surface area contributed by atoms with Crippen LogP contribution in [0.4, 0.5) is 5.69 Å². The molecule has 1 fully saturated rings. The van der Waals surface area contributed by atoms with Crippen LogP contribution in [0.15, 0.2) is 12.3 Å². The number of unbranched alkanes of at least 4 members (excludes halogenated alkanes) is 1. The van der Waals surface area contributed by atoms with Gasteiger partial charge in [-0.25, -0.2) is 8.42 Å². The minimum atomic E-state index is -3.01. The van der Waals surface area contributed by atoms with E-state index in [1.165, 1.54) is 0 Å². The molecule has 0 radical (unpaired) electrons. The minimum absolute atomic E-state index is 0.0718. The molecule has 6 nitrogen and oxygen atoms in total. The number of aryl methyl sites for hydroxylation is 1. The highest BCUT2D eigenvalue weighted by Gasteiger charge is 2.35. The van der Waals surface area contributed by atoms with Crippen molar-refractivity contribution in [2.24, 2.45) is 7.05 Å². The maximum absolute atomic E-state index is 12.7. The number of nitrogens with zero attached hydrogens (tertiary/aromatic N) is 2. The van der Waals surface area contributed by atoms with Gasteiger partial charge in [0, 0.05) is 25.8 Å². The highest BCUT2D eigenvalue weighted by molar-refractivity contribution is 7.91. The van der Waals surface area contributed by atoms with Gasteiger partial charge in [0.25, 0.3) is 5.91 Å². The Bertz CT molecular complexity index is 621. The number of sulfone groups is 1. The van der Waals surface area contributed by atoms with Crippen molar-refractivity contribution < 1.29 is 13.2 Å². The van der Waals surface area contributed by atoms with Crippen molar-refractivity contribution in [1.29, 1.82) is 0 Å². The fourth-order valence-corrected chi connectivity index (χ4v) is 4.48. The number of hydrogen-bond acceptors (Lipinski definition) is 4. The summed E-state index contributed by atoms with van der Waals surface area (Å²) in [4.78, 5) is 14.4. The van der Waals surface area contributed by atoms with Crippen molar-refractivity contribution >= 4 is 21.4 Å². The SMILES string of the molecule is CCCCN(C(=O)c1cc(N)cn1C)C1CCS(=O)(=O)C1. The highest BCUT2D eigenvalue weighted by atomic mass is 32.2. The summed E-state index contributed by atoms with van der Waals surface area (Å²) >= 11 is 0. The van der Waals surface area contributed by atoms with Crippen LogP contribution >= 0.6 is 0 Å². The van der Waals surface area contributed by atoms with E-state index in [1.807, 2.05) is 0 Å². The van der Waals surface area contributed by atoms with Crippen LogP contribution in [-0.2, 0) is 16.9 Å². The summed E-state index contributed by atoms with van der Waals surface area (Å²) in [5, 5.41) is 0. The van der Waals surface area contributed by atoms with Gasteiger partial charge in [0.1, 0.15) is 5.69 Å². The number of rotatable bonds is 5. The number of nitrogens with two attached hydrogens (primary N) is 1. The minimum Gasteiger partial charge on any atom is -0.397 e. The molecule has 1 saturated heterocycles. The monoisotopic (exact) mass is 313 g/mol. The Morgan fingerprint density at radius 1 is 1.52 bits per heavy atom. The third kappa shape index (κ3) is 3.58. The number of carbonyl (C=O) groups is 1. The molecule has 1 amide bonds. The third-order valence-corrected chi connectivity index (χ3v) is 5.66. The molecule has 0 saturated carbocycles. The van der Waals surface area contributed by atoms with Gasteiger partial charge >= 0.3 is 0 Å². The summed E-state index contributed by atoms with van der Waals surface area (Å²) in [7, 11) is -1.24.